The first-order valence-corrected chi connectivity index (χ1v) is 21.0. The molecule has 2 unspecified atom stereocenters. The van der Waals surface area contributed by atoms with Crippen LogP contribution >= 0.6 is 46.4 Å². The first-order valence-electron chi connectivity index (χ1n) is 19.4. The van der Waals surface area contributed by atoms with Crippen molar-refractivity contribution >= 4 is 93.1 Å². The largest absolute Gasteiger partial charge is 0.454 e. The summed E-state index contributed by atoms with van der Waals surface area (Å²) in [6.45, 7) is 3.96. The summed E-state index contributed by atoms with van der Waals surface area (Å²) in [6, 6.07) is 18.0. The van der Waals surface area contributed by atoms with Gasteiger partial charge in [-0.25, -0.2) is 0 Å². The predicted molar refractivity (Wildman–Crippen MR) is 244 cm³/mol. The number of carbonyl (C=O) groups is 4. The third-order valence-electron chi connectivity index (χ3n) is 10.7. The number of hydrogen-bond donors (Lipinski definition) is 2. The van der Waals surface area contributed by atoms with Gasteiger partial charge in [-0.15, -0.1) is 0 Å². The Labute approximate surface area is 375 Å². The minimum absolute atomic E-state index is 0.0159. The molecule has 0 bridgehead atoms. The summed E-state index contributed by atoms with van der Waals surface area (Å²) in [5.74, 6) is -2.12. The predicted octanol–water partition coefficient (Wildman–Crippen LogP) is 8.82. The SMILES string of the molecule is CC(=O)C1(c2cc(Oc3cc(C4(C(C)=O)CNCCO4)c(C(=O)C=Cc4ccc(N(C)C)cc4)c(Cl)c3Cl)c(Cl)c(Cl)c2C(=O)C=Cc2ccc(N(C)C)cc2)CNCCO1. The number of ether oxygens (including phenoxy) is 3. The molecule has 320 valence electrons. The van der Waals surface area contributed by atoms with Crippen molar-refractivity contribution in [3.63, 3.8) is 0 Å². The molecule has 0 aromatic heterocycles. The first-order chi connectivity index (χ1) is 29.0. The van der Waals surface area contributed by atoms with E-state index >= 15 is 0 Å². The Morgan fingerprint density at radius 3 is 1.26 bits per heavy atom. The lowest BCUT2D eigenvalue weighted by molar-refractivity contribution is -0.148. The Balaban J connectivity index is 1.49. The number of allylic oxidation sites excluding steroid dienone is 2. The maximum atomic E-state index is 14.2. The van der Waals surface area contributed by atoms with Gasteiger partial charge in [-0.2, -0.15) is 0 Å². The molecule has 2 aliphatic rings. The zero-order valence-electron chi connectivity index (χ0n) is 34.6. The molecule has 4 aromatic carbocycles. The fraction of sp³-hybridized carbons (Fsp3) is 0.304. The van der Waals surface area contributed by atoms with Crippen LogP contribution in [0, 0.1) is 0 Å². The lowest BCUT2D eigenvalue weighted by Crippen LogP contribution is -2.52. The molecule has 15 heteroatoms. The third-order valence-corrected chi connectivity index (χ3v) is 12.4. The van der Waals surface area contributed by atoms with Gasteiger partial charge in [0.05, 0.1) is 23.3 Å². The Bertz CT molecular complexity index is 2240. The van der Waals surface area contributed by atoms with Crippen LogP contribution in [0.15, 0.2) is 72.8 Å². The summed E-state index contributed by atoms with van der Waals surface area (Å²) in [7, 11) is 7.71. The molecule has 0 radical (unpaired) electrons. The molecule has 2 atom stereocenters. The second-order valence-corrected chi connectivity index (χ2v) is 16.6. The highest BCUT2D eigenvalue weighted by atomic mass is 35.5. The summed E-state index contributed by atoms with van der Waals surface area (Å²) in [6.07, 6.45) is 5.97. The highest BCUT2D eigenvalue weighted by Crippen LogP contribution is 2.48. The molecule has 11 nitrogen and oxygen atoms in total. The Kier molecular flexibility index (Phi) is 14.5. The number of nitrogens with one attached hydrogen (secondary N) is 2. The van der Waals surface area contributed by atoms with Crippen molar-refractivity contribution in [2.24, 2.45) is 0 Å². The summed E-state index contributed by atoms with van der Waals surface area (Å²) in [4.78, 5) is 59.4. The molecule has 61 heavy (non-hydrogen) atoms. The van der Waals surface area contributed by atoms with Crippen LogP contribution in [0.4, 0.5) is 11.4 Å². The summed E-state index contributed by atoms with van der Waals surface area (Å²) in [5, 5.41) is 5.59. The third kappa shape index (κ3) is 9.45. The number of benzene rings is 4. The van der Waals surface area contributed by atoms with Gasteiger partial charge in [0.1, 0.15) is 21.5 Å². The normalized spacial score (nSPS) is 19.2. The van der Waals surface area contributed by atoms with Crippen LogP contribution in [0.3, 0.4) is 0 Å². The van der Waals surface area contributed by atoms with Crippen LogP contribution in [0.1, 0.15) is 56.8 Å². The number of anilines is 2. The van der Waals surface area contributed by atoms with E-state index in [2.05, 4.69) is 10.6 Å². The first kappa shape index (κ1) is 46.0. The monoisotopic (exact) mass is 906 g/mol. The lowest BCUT2D eigenvalue weighted by Gasteiger charge is -2.38. The number of hydrogen-bond acceptors (Lipinski definition) is 11. The summed E-state index contributed by atoms with van der Waals surface area (Å²) >= 11 is 27.9. The Morgan fingerprint density at radius 1 is 0.607 bits per heavy atom. The lowest BCUT2D eigenvalue weighted by atomic mass is 9.83. The van der Waals surface area contributed by atoms with Crippen LogP contribution < -0.4 is 25.2 Å². The van der Waals surface area contributed by atoms with Gasteiger partial charge in [-0.05, 0) is 73.5 Å². The zero-order chi connectivity index (χ0) is 44.2. The zero-order valence-corrected chi connectivity index (χ0v) is 37.6. The van der Waals surface area contributed by atoms with Gasteiger partial charge in [0.2, 0.25) is 0 Å². The van der Waals surface area contributed by atoms with Crippen molar-refractivity contribution in [2.45, 2.75) is 25.0 Å². The molecule has 0 spiro atoms. The van der Waals surface area contributed by atoms with Crippen molar-refractivity contribution in [2.75, 3.05) is 77.4 Å². The van der Waals surface area contributed by atoms with Gasteiger partial charge in [-0.1, -0.05) is 82.8 Å². The molecule has 6 rings (SSSR count). The van der Waals surface area contributed by atoms with Crippen molar-refractivity contribution in [1.29, 1.82) is 0 Å². The molecule has 2 fully saturated rings. The molecule has 2 N–H and O–H groups in total. The smallest absolute Gasteiger partial charge is 0.187 e. The highest BCUT2D eigenvalue weighted by Gasteiger charge is 2.46. The number of carbonyl (C=O) groups excluding carboxylic acids is 4. The molecule has 4 aromatic rings. The van der Waals surface area contributed by atoms with Gasteiger partial charge in [0, 0.05) is 88.0 Å². The van der Waals surface area contributed by atoms with E-state index in [4.69, 9.17) is 60.6 Å². The number of rotatable bonds is 14. The minimum Gasteiger partial charge on any atom is -0.454 e. The Hall–Kier alpha value is -4.56. The molecule has 2 saturated heterocycles. The van der Waals surface area contributed by atoms with Gasteiger partial charge in [-0.3, -0.25) is 19.2 Å². The van der Waals surface area contributed by atoms with Gasteiger partial charge in [0.25, 0.3) is 0 Å². The number of halogens is 4. The second-order valence-electron chi connectivity index (χ2n) is 15.1. The van der Waals surface area contributed by atoms with E-state index in [1.54, 1.807) is 12.2 Å². The minimum atomic E-state index is -1.67. The molecule has 0 aliphatic carbocycles. The summed E-state index contributed by atoms with van der Waals surface area (Å²) < 4.78 is 18.8. The van der Waals surface area contributed by atoms with Crippen LogP contribution in [0.5, 0.6) is 11.5 Å². The van der Waals surface area contributed by atoms with Crippen LogP contribution in [0.25, 0.3) is 12.2 Å². The van der Waals surface area contributed by atoms with Gasteiger partial charge >= 0.3 is 0 Å². The number of ketones is 4. The van der Waals surface area contributed by atoms with E-state index in [0.717, 1.165) is 22.5 Å². The quantitative estimate of drug-likeness (QED) is 0.0932. The van der Waals surface area contributed by atoms with E-state index in [0.29, 0.717) is 13.1 Å². The topological polar surface area (TPSA) is 127 Å². The number of morpholine rings is 2. The molecule has 2 aliphatic heterocycles. The van der Waals surface area contributed by atoms with Crippen molar-refractivity contribution < 1.29 is 33.4 Å². The highest BCUT2D eigenvalue weighted by molar-refractivity contribution is 6.46. The van der Waals surface area contributed by atoms with Crippen LogP contribution in [0.2, 0.25) is 20.1 Å². The van der Waals surface area contributed by atoms with Crippen LogP contribution in [-0.2, 0) is 30.3 Å². The maximum absolute atomic E-state index is 14.2. The van der Waals surface area contributed by atoms with Gasteiger partial charge in [0.15, 0.2) is 34.3 Å². The van der Waals surface area contributed by atoms with E-state index in [1.165, 1.54) is 38.1 Å². The fourth-order valence-electron chi connectivity index (χ4n) is 7.27. The van der Waals surface area contributed by atoms with E-state index < -0.39 is 34.3 Å². The number of Topliss-reactive ketones (excluding diaryl/α,β-unsaturated/α-hetero) is 2. The van der Waals surface area contributed by atoms with Crippen LogP contribution in [-0.4, -0.2) is 90.7 Å². The average Bonchev–Trinajstić information content (AvgIpc) is 3.25. The maximum Gasteiger partial charge on any atom is 0.187 e. The van der Waals surface area contributed by atoms with E-state index in [9.17, 15) is 19.2 Å². The molecule has 2 heterocycles. The van der Waals surface area contributed by atoms with E-state index in [-0.39, 0.29) is 80.1 Å². The van der Waals surface area contributed by atoms with Crippen molar-refractivity contribution in [3.05, 3.63) is 126 Å². The molecular weight excluding hydrogens is 862 g/mol. The molecule has 0 amide bonds. The Morgan fingerprint density at radius 2 is 0.967 bits per heavy atom. The van der Waals surface area contributed by atoms with E-state index in [1.807, 2.05) is 86.5 Å². The average molecular weight is 909 g/mol. The van der Waals surface area contributed by atoms with Crippen molar-refractivity contribution in [1.82, 2.24) is 10.6 Å². The van der Waals surface area contributed by atoms with Gasteiger partial charge < -0.3 is 34.6 Å². The summed E-state index contributed by atoms with van der Waals surface area (Å²) in [5.41, 5.74) is 0.202. The molecule has 0 saturated carbocycles. The fourth-order valence-corrected chi connectivity index (χ4v) is 8.22. The standard InChI is InChI=1S/C46H46Cl4N4O7/c1-27(55)45(25-51-19-21-59-45)33-23-37(41(47)43(49)39(33)35(57)17-11-29-7-13-31(14-8-29)53(3)4)61-38-24-34(46(28(2)56)26-52-20-22-60-46)40(44(50)42(38)48)36(58)18-12-30-9-15-32(16-10-30)54(5)6/h7-18,23-24,51-52H,19-22,25-26H2,1-6H3. The second kappa shape index (κ2) is 19.2. The number of nitrogens with zero attached hydrogens (tertiary/aromatic N) is 2. The molecular formula is C46H46Cl4N4O7. The van der Waals surface area contributed by atoms with Crippen molar-refractivity contribution in [3.8, 4) is 11.5 Å².